The fourth-order valence-electron chi connectivity index (χ4n) is 3.42. The second-order valence-corrected chi connectivity index (χ2v) is 8.27. The van der Waals surface area contributed by atoms with E-state index in [9.17, 15) is 14.4 Å². The number of benzene rings is 1. The first-order chi connectivity index (χ1) is 14.5. The van der Waals surface area contributed by atoms with Gasteiger partial charge in [-0.3, -0.25) is 24.3 Å². The van der Waals surface area contributed by atoms with Gasteiger partial charge in [-0.15, -0.1) is 11.3 Å². The van der Waals surface area contributed by atoms with Gasteiger partial charge in [0, 0.05) is 11.6 Å². The van der Waals surface area contributed by atoms with Crippen LogP contribution in [0.3, 0.4) is 0 Å². The number of hydrogen-bond donors (Lipinski definition) is 1. The normalized spacial score (nSPS) is 14.2. The quantitative estimate of drug-likeness (QED) is 0.612. The Balaban J connectivity index is 1.58. The molecule has 30 heavy (non-hydrogen) atoms. The van der Waals surface area contributed by atoms with Crippen molar-refractivity contribution in [3.8, 4) is 11.4 Å². The minimum Gasteiger partial charge on any atom is -0.300 e. The zero-order valence-corrected chi connectivity index (χ0v) is 17.3. The van der Waals surface area contributed by atoms with E-state index in [2.05, 4.69) is 15.3 Å². The molecular weight excluding hydrogens is 400 g/mol. The van der Waals surface area contributed by atoms with Crippen LogP contribution in [0, 0.1) is 5.92 Å². The Morgan fingerprint density at radius 3 is 2.30 bits per heavy atom. The van der Waals surface area contributed by atoms with Crippen molar-refractivity contribution >= 4 is 34.2 Å². The van der Waals surface area contributed by atoms with Crippen molar-refractivity contribution in [2.45, 2.75) is 26.3 Å². The largest absolute Gasteiger partial charge is 0.300 e. The number of thiazole rings is 1. The summed E-state index contributed by atoms with van der Waals surface area (Å²) in [7, 11) is 0. The van der Waals surface area contributed by atoms with Gasteiger partial charge in [-0.05, 0) is 36.6 Å². The summed E-state index contributed by atoms with van der Waals surface area (Å²) in [5.74, 6) is -1.21. The third-order valence-electron chi connectivity index (χ3n) is 4.80. The highest BCUT2D eigenvalue weighted by Gasteiger charge is 2.42. The van der Waals surface area contributed by atoms with Crippen LogP contribution in [-0.2, 0) is 4.79 Å². The van der Waals surface area contributed by atoms with Crippen molar-refractivity contribution in [2.24, 2.45) is 5.92 Å². The summed E-state index contributed by atoms with van der Waals surface area (Å²) in [6.45, 7) is 3.89. The molecule has 0 saturated carbocycles. The lowest BCUT2D eigenvalue weighted by Gasteiger charge is -2.26. The molecular formula is C22H20N4O3S. The van der Waals surface area contributed by atoms with Crippen LogP contribution in [0.5, 0.6) is 0 Å². The number of amides is 3. The predicted octanol–water partition coefficient (Wildman–Crippen LogP) is 3.85. The van der Waals surface area contributed by atoms with Crippen molar-refractivity contribution in [1.29, 1.82) is 0 Å². The van der Waals surface area contributed by atoms with Crippen molar-refractivity contribution in [3.63, 3.8) is 0 Å². The van der Waals surface area contributed by atoms with E-state index in [0.717, 1.165) is 4.90 Å². The van der Waals surface area contributed by atoms with Crippen LogP contribution in [0.15, 0.2) is 54.0 Å². The molecule has 8 heteroatoms. The molecule has 0 aliphatic carbocycles. The topological polar surface area (TPSA) is 92.3 Å². The van der Waals surface area contributed by atoms with Gasteiger partial charge in [0.25, 0.3) is 11.8 Å². The Morgan fingerprint density at radius 1 is 1.03 bits per heavy atom. The smallest absolute Gasteiger partial charge is 0.262 e. The molecule has 3 amide bonds. The lowest BCUT2D eigenvalue weighted by molar-refractivity contribution is -0.120. The fourth-order valence-corrected chi connectivity index (χ4v) is 4.13. The molecule has 2 aromatic heterocycles. The standard InChI is InChI=1S/C22H20N4O3S/c1-13(2)11-18(26-20(28)14-7-3-4-8-15(14)21(26)29)19(27)25-22-24-17(12-30-22)16-9-5-6-10-23-16/h3-10,12-13,18H,11H2,1-2H3,(H,24,25,27). The Hall–Kier alpha value is -3.39. The fraction of sp³-hybridized carbons (Fsp3) is 0.227. The van der Waals surface area contributed by atoms with Gasteiger partial charge in [-0.25, -0.2) is 4.98 Å². The Bertz CT molecular complexity index is 1080. The molecule has 0 spiro atoms. The second kappa shape index (κ2) is 8.16. The van der Waals surface area contributed by atoms with Gasteiger partial charge < -0.3 is 5.32 Å². The summed E-state index contributed by atoms with van der Waals surface area (Å²) in [6, 6.07) is 11.2. The van der Waals surface area contributed by atoms with Gasteiger partial charge in [0.05, 0.1) is 16.8 Å². The van der Waals surface area contributed by atoms with Crippen LogP contribution in [0.25, 0.3) is 11.4 Å². The number of fused-ring (bicyclic) bond motifs is 1. The molecule has 1 unspecified atom stereocenters. The number of aromatic nitrogens is 2. The van der Waals surface area contributed by atoms with E-state index >= 15 is 0 Å². The Kier molecular flexibility index (Phi) is 5.41. The van der Waals surface area contributed by atoms with Crippen LogP contribution in [0.1, 0.15) is 41.0 Å². The predicted molar refractivity (Wildman–Crippen MR) is 114 cm³/mol. The van der Waals surface area contributed by atoms with Crippen LogP contribution in [0.2, 0.25) is 0 Å². The lowest BCUT2D eigenvalue weighted by Crippen LogP contribution is -2.47. The molecule has 3 heterocycles. The highest BCUT2D eigenvalue weighted by Crippen LogP contribution is 2.28. The number of nitrogens with one attached hydrogen (secondary N) is 1. The van der Waals surface area contributed by atoms with Gasteiger partial charge in [0.2, 0.25) is 5.91 Å². The van der Waals surface area contributed by atoms with Crippen LogP contribution in [-0.4, -0.2) is 38.6 Å². The molecule has 0 saturated heterocycles. The first-order valence-electron chi connectivity index (χ1n) is 9.60. The molecule has 1 aliphatic rings. The molecule has 3 aromatic rings. The number of hydrogen-bond acceptors (Lipinski definition) is 6. The highest BCUT2D eigenvalue weighted by molar-refractivity contribution is 7.14. The first-order valence-corrected chi connectivity index (χ1v) is 10.5. The Labute approximate surface area is 177 Å². The summed E-state index contributed by atoms with van der Waals surface area (Å²) < 4.78 is 0. The Morgan fingerprint density at radius 2 is 1.70 bits per heavy atom. The van der Waals surface area contributed by atoms with Crippen molar-refractivity contribution < 1.29 is 14.4 Å². The van der Waals surface area contributed by atoms with E-state index in [-0.39, 0.29) is 5.92 Å². The van der Waals surface area contributed by atoms with Gasteiger partial charge in [-0.1, -0.05) is 32.0 Å². The molecule has 152 valence electrons. The minimum absolute atomic E-state index is 0.102. The molecule has 0 fully saturated rings. The van der Waals surface area contributed by atoms with Crippen LogP contribution < -0.4 is 5.32 Å². The first kappa shape index (κ1) is 19.9. The van der Waals surface area contributed by atoms with Crippen LogP contribution in [0.4, 0.5) is 5.13 Å². The zero-order chi connectivity index (χ0) is 21.3. The summed E-state index contributed by atoms with van der Waals surface area (Å²) in [6.07, 6.45) is 2.03. The van der Waals surface area contributed by atoms with Crippen molar-refractivity contribution in [3.05, 3.63) is 65.2 Å². The maximum absolute atomic E-state index is 13.1. The number of carbonyl (C=O) groups is 3. The summed E-state index contributed by atoms with van der Waals surface area (Å²) in [4.78, 5) is 48.6. The molecule has 1 atom stereocenters. The number of nitrogens with zero attached hydrogens (tertiary/aromatic N) is 3. The summed E-state index contributed by atoms with van der Waals surface area (Å²) >= 11 is 1.27. The molecule has 0 bridgehead atoms. The second-order valence-electron chi connectivity index (χ2n) is 7.41. The number of pyridine rings is 1. The lowest BCUT2D eigenvalue weighted by atomic mass is 10.0. The molecule has 7 nitrogen and oxygen atoms in total. The van der Waals surface area contributed by atoms with Crippen LogP contribution >= 0.6 is 11.3 Å². The SMILES string of the molecule is CC(C)CC(C(=O)Nc1nc(-c2ccccn2)cs1)N1C(=O)c2ccccc2C1=O. The van der Waals surface area contributed by atoms with Gasteiger partial charge in [-0.2, -0.15) is 0 Å². The van der Waals surface area contributed by atoms with E-state index in [1.165, 1.54) is 11.3 Å². The van der Waals surface area contributed by atoms with Crippen molar-refractivity contribution in [2.75, 3.05) is 5.32 Å². The number of rotatable bonds is 6. The van der Waals surface area contributed by atoms with Gasteiger partial charge in [0.1, 0.15) is 11.7 Å². The number of imide groups is 1. The van der Waals surface area contributed by atoms with Gasteiger partial charge >= 0.3 is 0 Å². The van der Waals surface area contributed by atoms with E-state index in [4.69, 9.17) is 0 Å². The molecule has 1 aliphatic heterocycles. The molecule has 1 N–H and O–H groups in total. The molecule has 1 aromatic carbocycles. The highest BCUT2D eigenvalue weighted by atomic mass is 32.1. The third-order valence-corrected chi connectivity index (χ3v) is 5.55. The molecule has 0 radical (unpaired) electrons. The average molecular weight is 420 g/mol. The number of carbonyl (C=O) groups excluding carboxylic acids is 3. The third kappa shape index (κ3) is 3.73. The van der Waals surface area contributed by atoms with Gasteiger partial charge in [0.15, 0.2) is 5.13 Å². The van der Waals surface area contributed by atoms with E-state index in [1.807, 2.05) is 32.0 Å². The number of anilines is 1. The average Bonchev–Trinajstić information content (AvgIpc) is 3.30. The minimum atomic E-state index is -0.917. The maximum atomic E-state index is 13.1. The zero-order valence-electron chi connectivity index (χ0n) is 16.5. The monoisotopic (exact) mass is 420 g/mol. The summed E-state index contributed by atoms with van der Waals surface area (Å²) in [5.41, 5.74) is 2.01. The van der Waals surface area contributed by atoms with E-state index in [0.29, 0.717) is 34.1 Å². The van der Waals surface area contributed by atoms with E-state index < -0.39 is 23.8 Å². The maximum Gasteiger partial charge on any atom is 0.262 e. The van der Waals surface area contributed by atoms with E-state index in [1.54, 1.807) is 35.8 Å². The summed E-state index contributed by atoms with van der Waals surface area (Å²) in [5, 5.41) is 4.97. The molecule has 4 rings (SSSR count). The van der Waals surface area contributed by atoms with Crippen molar-refractivity contribution in [1.82, 2.24) is 14.9 Å².